The fourth-order valence-corrected chi connectivity index (χ4v) is 2.79. The molecule has 2 aromatic carbocycles. The van der Waals surface area contributed by atoms with E-state index in [2.05, 4.69) is 27.8 Å². The van der Waals surface area contributed by atoms with E-state index < -0.39 is 0 Å². The minimum absolute atomic E-state index is 0.0481. The molecule has 0 heterocycles. The van der Waals surface area contributed by atoms with Crippen LogP contribution in [0.3, 0.4) is 0 Å². The molecule has 1 aliphatic carbocycles. The van der Waals surface area contributed by atoms with Crippen LogP contribution in [0.4, 0.5) is 4.39 Å². The van der Waals surface area contributed by atoms with Crippen molar-refractivity contribution in [2.75, 3.05) is 13.6 Å². The third-order valence-corrected chi connectivity index (χ3v) is 4.41. The molecule has 0 radical (unpaired) electrons. The fourth-order valence-electron chi connectivity index (χ4n) is 2.79. The summed E-state index contributed by atoms with van der Waals surface area (Å²) >= 11 is 0. The molecular formula is C19H22FN3. The van der Waals surface area contributed by atoms with Gasteiger partial charge < -0.3 is 10.6 Å². The van der Waals surface area contributed by atoms with Gasteiger partial charge in [0.1, 0.15) is 5.82 Å². The van der Waals surface area contributed by atoms with Gasteiger partial charge in [-0.1, -0.05) is 42.5 Å². The fraction of sp³-hybridized carbons (Fsp3) is 0.316. The molecule has 0 saturated heterocycles. The summed E-state index contributed by atoms with van der Waals surface area (Å²) in [6, 6.07) is 17.2. The topological polar surface area (TPSA) is 36.4 Å². The van der Waals surface area contributed by atoms with Crippen molar-refractivity contribution < 1.29 is 4.39 Å². The van der Waals surface area contributed by atoms with Crippen LogP contribution >= 0.6 is 0 Å². The van der Waals surface area contributed by atoms with Crippen LogP contribution in [-0.4, -0.2) is 19.6 Å². The molecule has 2 N–H and O–H groups in total. The van der Waals surface area contributed by atoms with E-state index in [-0.39, 0.29) is 11.2 Å². The molecule has 0 bridgehead atoms. The second kappa shape index (κ2) is 6.82. The van der Waals surface area contributed by atoms with Gasteiger partial charge in [-0.05, 0) is 36.1 Å². The SMILES string of the molecule is CN=C(NCc1ccccc1)NCC1(c2cccc(F)c2)CC1. The number of nitrogens with zero attached hydrogens (tertiary/aromatic N) is 1. The number of hydrogen-bond acceptors (Lipinski definition) is 1. The molecular weight excluding hydrogens is 289 g/mol. The molecule has 1 saturated carbocycles. The van der Waals surface area contributed by atoms with E-state index in [9.17, 15) is 4.39 Å². The number of hydrogen-bond donors (Lipinski definition) is 2. The van der Waals surface area contributed by atoms with Crippen LogP contribution < -0.4 is 10.6 Å². The van der Waals surface area contributed by atoms with Gasteiger partial charge in [-0.15, -0.1) is 0 Å². The van der Waals surface area contributed by atoms with Gasteiger partial charge in [-0.25, -0.2) is 4.39 Å². The molecule has 0 atom stereocenters. The molecule has 1 fully saturated rings. The maximum atomic E-state index is 13.4. The molecule has 4 heteroatoms. The van der Waals surface area contributed by atoms with Gasteiger partial charge >= 0.3 is 0 Å². The highest BCUT2D eigenvalue weighted by atomic mass is 19.1. The zero-order valence-corrected chi connectivity index (χ0v) is 13.3. The van der Waals surface area contributed by atoms with Gasteiger partial charge in [0.15, 0.2) is 5.96 Å². The zero-order valence-electron chi connectivity index (χ0n) is 13.3. The average molecular weight is 311 g/mol. The zero-order chi connectivity index (χ0) is 16.1. The van der Waals surface area contributed by atoms with Crippen LogP contribution in [0.15, 0.2) is 59.6 Å². The highest BCUT2D eigenvalue weighted by Crippen LogP contribution is 2.47. The maximum Gasteiger partial charge on any atom is 0.191 e. The van der Waals surface area contributed by atoms with Gasteiger partial charge in [0, 0.05) is 25.6 Å². The van der Waals surface area contributed by atoms with E-state index in [1.807, 2.05) is 24.3 Å². The lowest BCUT2D eigenvalue weighted by Gasteiger charge is -2.19. The standard InChI is InChI=1S/C19H22FN3/c1-21-18(22-13-15-6-3-2-4-7-15)23-14-19(10-11-19)16-8-5-9-17(20)12-16/h2-9,12H,10-11,13-14H2,1H3,(H2,21,22,23). The van der Waals surface area contributed by atoms with Crippen LogP contribution in [-0.2, 0) is 12.0 Å². The lowest BCUT2D eigenvalue weighted by molar-refractivity contribution is 0.607. The van der Waals surface area contributed by atoms with E-state index in [0.717, 1.165) is 37.5 Å². The van der Waals surface area contributed by atoms with Crippen LogP contribution in [0.1, 0.15) is 24.0 Å². The Labute approximate surface area is 136 Å². The van der Waals surface area contributed by atoms with Crippen molar-refractivity contribution in [3.63, 3.8) is 0 Å². The summed E-state index contributed by atoms with van der Waals surface area (Å²) in [6.45, 7) is 1.50. The summed E-state index contributed by atoms with van der Waals surface area (Å²) in [5, 5.41) is 6.69. The Kier molecular flexibility index (Phi) is 4.60. The van der Waals surface area contributed by atoms with Crippen molar-refractivity contribution in [3.05, 3.63) is 71.5 Å². The molecule has 3 nitrogen and oxygen atoms in total. The Morgan fingerprint density at radius 1 is 1.09 bits per heavy atom. The lowest BCUT2D eigenvalue weighted by atomic mass is 9.96. The Morgan fingerprint density at radius 2 is 1.87 bits per heavy atom. The van der Waals surface area contributed by atoms with E-state index in [0.29, 0.717) is 0 Å². The molecule has 0 aromatic heterocycles. The van der Waals surface area contributed by atoms with Gasteiger partial charge in [0.05, 0.1) is 0 Å². The van der Waals surface area contributed by atoms with E-state index in [1.54, 1.807) is 19.2 Å². The monoisotopic (exact) mass is 311 g/mol. The molecule has 0 spiro atoms. The van der Waals surface area contributed by atoms with E-state index in [1.165, 1.54) is 11.6 Å². The Balaban J connectivity index is 1.56. The number of aliphatic imine (C=N–C) groups is 1. The lowest BCUT2D eigenvalue weighted by Crippen LogP contribution is -2.40. The van der Waals surface area contributed by atoms with Crippen molar-refractivity contribution in [1.82, 2.24) is 10.6 Å². The summed E-state index contributed by atoms with van der Waals surface area (Å²) < 4.78 is 13.4. The second-order valence-electron chi connectivity index (χ2n) is 6.06. The molecule has 3 rings (SSSR count). The molecule has 0 unspecified atom stereocenters. The van der Waals surface area contributed by atoms with E-state index in [4.69, 9.17) is 0 Å². The summed E-state index contributed by atoms with van der Waals surface area (Å²) in [6.07, 6.45) is 2.16. The van der Waals surface area contributed by atoms with Crippen molar-refractivity contribution in [2.24, 2.45) is 4.99 Å². The number of halogens is 1. The Hall–Kier alpha value is -2.36. The molecule has 23 heavy (non-hydrogen) atoms. The molecule has 1 aliphatic rings. The number of rotatable bonds is 5. The van der Waals surface area contributed by atoms with Crippen LogP contribution in [0.5, 0.6) is 0 Å². The van der Waals surface area contributed by atoms with Crippen molar-refractivity contribution >= 4 is 5.96 Å². The van der Waals surface area contributed by atoms with Gasteiger partial charge in [-0.3, -0.25) is 4.99 Å². The Morgan fingerprint density at radius 3 is 2.52 bits per heavy atom. The summed E-state index contributed by atoms with van der Waals surface area (Å²) in [4.78, 5) is 4.27. The second-order valence-corrected chi connectivity index (χ2v) is 6.06. The first-order valence-corrected chi connectivity index (χ1v) is 7.96. The first-order valence-electron chi connectivity index (χ1n) is 7.96. The number of benzene rings is 2. The van der Waals surface area contributed by atoms with Gasteiger partial charge in [0.25, 0.3) is 0 Å². The first-order chi connectivity index (χ1) is 11.2. The normalized spacial score (nSPS) is 16.0. The highest BCUT2D eigenvalue weighted by molar-refractivity contribution is 5.79. The minimum Gasteiger partial charge on any atom is -0.356 e. The van der Waals surface area contributed by atoms with Crippen molar-refractivity contribution in [1.29, 1.82) is 0 Å². The molecule has 0 aliphatic heterocycles. The number of nitrogens with one attached hydrogen (secondary N) is 2. The van der Waals surface area contributed by atoms with Crippen molar-refractivity contribution in [3.8, 4) is 0 Å². The third-order valence-electron chi connectivity index (χ3n) is 4.41. The third kappa shape index (κ3) is 3.89. The molecule has 2 aromatic rings. The predicted molar refractivity (Wildman–Crippen MR) is 92.0 cm³/mol. The predicted octanol–water partition coefficient (Wildman–Crippen LogP) is 3.22. The summed E-state index contributed by atoms with van der Waals surface area (Å²) in [5.74, 6) is 0.608. The first kappa shape index (κ1) is 15.5. The Bertz CT molecular complexity index is 678. The smallest absolute Gasteiger partial charge is 0.191 e. The van der Waals surface area contributed by atoms with Crippen LogP contribution in [0, 0.1) is 5.82 Å². The summed E-state index contributed by atoms with van der Waals surface area (Å²) in [7, 11) is 1.77. The average Bonchev–Trinajstić information content (AvgIpc) is 3.37. The van der Waals surface area contributed by atoms with Crippen molar-refractivity contribution in [2.45, 2.75) is 24.8 Å². The van der Waals surface area contributed by atoms with Gasteiger partial charge in [-0.2, -0.15) is 0 Å². The summed E-state index contributed by atoms with van der Waals surface area (Å²) in [5.41, 5.74) is 2.33. The largest absolute Gasteiger partial charge is 0.356 e. The maximum absolute atomic E-state index is 13.4. The minimum atomic E-state index is -0.166. The highest BCUT2D eigenvalue weighted by Gasteiger charge is 2.44. The molecule has 0 amide bonds. The van der Waals surface area contributed by atoms with E-state index >= 15 is 0 Å². The molecule has 120 valence electrons. The van der Waals surface area contributed by atoms with Crippen LogP contribution in [0.2, 0.25) is 0 Å². The quantitative estimate of drug-likeness (QED) is 0.657. The van der Waals surface area contributed by atoms with Gasteiger partial charge in [0.2, 0.25) is 0 Å². The van der Waals surface area contributed by atoms with Crippen LogP contribution in [0.25, 0.3) is 0 Å². The number of guanidine groups is 1.